The maximum atomic E-state index is 15.8. The maximum absolute atomic E-state index is 15.8. The number of esters is 1. The molecule has 4 amide bonds. The maximum Gasteiger partial charge on any atom is 0.407 e. The number of ether oxygens (including phenoxy) is 15. The normalized spacial score (nSPS) is 26.6. The lowest BCUT2D eigenvalue weighted by Crippen LogP contribution is -2.61. The molecule has 5 aliphatic rings. The summed E-state index contributed by atoms with van der Waals surface area (Å²) in [6.45, 7) is 19.2. The van der Waals surface area contributed by atoms with Gasteiger partial charge >= 0.3 is 12.1 Å². The van der Waals surface area contributed by atoms with E-state index < -0.39 is 140 Å². The second-order valence-corrected chi connectivity index (χ2v) is 36.2. The van der Waals surface area contributed by atoms with Crippen molar-refractivity contribution in [2.45, 2.75) is 205 Å². The molecule has 15 atom stereocenters. The number of nitrogen functional groups attached to an aromatic ring is 1. The van der Waals surface area contributed by atoms with Crippen LogP contribution in [0.4, 0.5) is 15.0 Å². The smallest absolute Gasteiger partial charge is 0.407 e. The number of carbonyl (C=O) groups excluding carboxylic acids is 8. The molecule has 3 unspecified atom stereocenters. The number of aliphatic hydroxyl groups is 2. The van der Waals surface area contributed by atoms with Gasteiger partial charge in [-0.1, -0.05) is 77.1 Å². The summed E-state index contributed by atoms with van der Waals surface area (Å²) in [6.07, 6.45) is 10.7. The molecule has 6 N–H and O–H groups in total. The average molecular weight is 1850 g/mol. The van der Waals surface area contributed by atoms with Crippen LogP contribution < -0.4 is 21.1 Å². The lowest BCUT2D eigenvalue weighted by molar-refractivity contribution is -0.265. The number of aromatic nitrogens is 1. The van der Waals surface area contributed by atoms with E-state index in [9.17, 15) is 57.0 Å². The first kappa shape index (κ1) is 107. The van der Waals surface area contributed by atoms with Crippen LogP contribution in [-0.2, 0) is 111 Å². The molecule has 1 aliphatic carbocycles. The number of pyridine rings is 1. The van der Waals surface area contributed by atoms with E-state index in [1.54, 1.807) is 60.3 Å². The van der Waals surface area contributed by atoms with Gasteiger partial charge in [0, 0.05) is 107 Å². The number of hydrogen-bond acceptors (Lipinski definition) is 29. The zero-order valence-electron chi connectivity index (χ0n) is 77.4. The van der Waals surface area contributed by atoms with E-state index in [4.69, 9.17) is 76.8 Å². The van der Waals surface area contributed by atoms with Crippen molar-refractivity contribution in [3.8, 4) is 16.9 Å². The monoisotopic (exact) mass is 1850 g/mol. The zero-order chi connectivity index (χ0) is 94.3. The second-order valence-electron chi connectivity index (χ2n) is 34.1. The van der Waals surface area contributed by atoms with Crippen molar-refractivity contribution in [2.24, 2.45) is 35.5 Å². The Morgan fingerprint density at radius 2 is 1.35 bits per heavy atom. The Morgan fingerprint density at radius 3 is 1.98 bits per heavy atom. The molecule has 724 valence electrons. The molecule has 1 saturated carbocycles. The molecule has 130 heavy (non-hydrogen) atoms. The highest BCUT2D eigenvalue weighted by Gasteiger charge is 2.53. The third kappa shape index (κ3) is 33.4. The molecule has 2 saturated heterocycles. The standard InChI is InChI=1S/C95H139FN6O27S/c1-62-17-13-12-14-18-63(2)80(115-9)58-74-24-20-68(7)95(112,129-74)90(107)92(109)102-33-16-15-19-76(102)93(110)127-81(59-77(103)64(3)54-67(6)88(106)89(117-11)87(105)66(5)53-62)65(4)55-70-21-26-79(82(56-70)116-10)128-94(111)99-31-36-119-39-41-121-43-45-123-47-49-125-51-50-124-48-46-122-44-42-120-40-38-118-35-30-85(104)98-32-52-130(113,114)83-28-25-75(69(8)86(83)96)91(108)101-34-37-126-78-27-22-71(57-73(78)61-101)72-23-29-84(97)100-60-72/h12-14,17-18,22-23,25,27-29,54,57,60,62,64-66,68,70,74,76,79-82,88-89,106,112H,15-16,19-21,24,26,30-53,55-56,58-59,61H2,1-11H3,(H2,97,100)(H,98,104)(H,99,111)/b14-12+,17-13+,63-18+,67-54+/t62?,64-,65-,66?,68-,70+,74+,76+,79?,80+,81+,82-,88-,89+,95-/m1/s1. The summed E-state index contributed by atoms with van der Waals surface area (Å²) in [5.74, 6) is -10.3. The number of methoxy groups -OCH3 is 3. The summed E-state index contributed by atoms with van der Waals surface area (Å²) in [5.41, 5.74) is 9.26. The Hall–Kier alpha value is -8.37. The molecule has 3 fully saturated rings. The number of aliphatic hydroxyl groups excluding tert-OH is 1. The number of alkyl carbamates (subject to hydrolysis) is 1. The zero-order valence-corrected chi connectivity index (χ0v) is 78.2. The number of carbonyl (C=O) groups is 8. The van der Waals surface area contributed by atoms with Crippen molar-refractivity contribution in [3.05, 3.63) is 119 Å². The second kappa shape index (κ2) is 55.3. The number of sulfone groups is 1. The number of nitrogens with one attached hydrogen (secondary N) is 2. The lowest BCUT2D eigenvalue weighted by Gasteiger charge is -2.42. The Morgan fingerprint density at radius 1 is 0.700 bits per heavy atom. The van der Waals surface area contributed by atoms with Crippen molar-refractivity contribution >= 4 is 62.8 Å². The van der Waals surface area contributed by atoms with E-state index in [1.165, 1.54) is 29.9 Å². The molecule has 33 nitrogen and oxygen atoms in total. The number of nitrogens with two attached hydrogens (primary N) is 1. The van der Waals surface area contributed by atoms with E-state index in [2.05, 4.69) is 15.6 Å². The number of cyclic esters (lactones) is 1. The number of halogens is 1. The van der Waals surface area contributed by atoms with Gasteiger partial charge in [-0.3, -0.25) is 28.8 Å². The summed E-state index contributed by atoms with van der Waals surface area (Å²) < 4.78 is 129. The van der Waals surface area contributed by atoms with Gasteiger partial charge in [0.1, 0.15) is 65.1 Å². The quantitative estimate of drug-likeness (QED) is 0.0153. The van der Waals surface area contributed by atoms with Crippen LogP contribution in [0.3, 0.4) is 0 Å². The van der Waals surface area contributed by atoms with E-state index >= 15 is 4.39 Å². The van der Waals surface area contributed by atoms with Crippen molar-refractivity contribution in [3.63, 3.8) is 0 Å². The van der Waals surface area contributed by atoms with Crippen molar-refractivity contribution < 1.29 is 132 Å². The molecule has 0 radical (unpaired) electrons. The number of piperidine rings is 1. The van der Waals surface area contributed by atoms with Gasteiger partial charge in [-0.2, -0.15) is 0 Å². The number of ketones is 3. The number of amides is 4. The minimum atomic E-state index is -4.19. The molecule has 1 aromatic heterocycles. The van der Waals surface area contributed by atoms with E-state index in [0.29, 0.717) is 148 Å². The molecule has 2 aromatic carbocycles. The SMILES string of the molecule is CO[C@H]1C[C@@H]2CC[C@@H](C)[C@@](O)(O2)C(=O)C(=O)N2CCCC[C@H]2C(=O)O[C@H]([C@H](C)C[C@@H]2CCC(OC(=O)NCCOCCOCCOCCOCCOCCOCCOCCOCCC(=O)NCCS(=O)(=O)c3ccc(C(=O)N4CCOc5ccc(-c6ccc(N)nc6)cc5C4)c(C)c3F)[C@H](OC)C2)CC(=O)[C@H](C)/C=C(\C)[C@@H](O)[C@@H](OC)C(=O)C(C)CC(C)/C=C/C=C/C=C/1C. The molecular formula is C95H139FN6O27S. The Labute approximate surface area is 764 Å². The number of fused-ring (bicyclic) bond motifs is 4. The number of nitrogens with zero attached hydrogens (tertiary/aromatic N) is 3. The Kier molecular flexibility index (Phi) is 45.5. The first-order valence-electron chi connectivity index (χ1n) is 45.5. The van der Waals surface area contributed by atoms with Gasteiger partial charge in [0.2, 0.25) is 11.7 Å². The summed E-state index contributed by atoms with van der Waals surface area (Å²) in [7, 11) is 0.274. The fraction of sp³-hybridized carbons (Fsp3) is 0.653. The number of allylic oxidation sites excluding steroid dienone is 6. The first-order chi connectivity index (χ1) is 62.4. The third-order valence-corrected chi connectivity index (χ3v) is 26.1. The Bertz CT molecular complexity index is 4360. The number of hydrogen-bond donors (Lipinski definition) is 5. The summed E-state index contributed by atoms with van der Waals surface area (Å²) in [5, 5.41) is 29.0. The van der Waals surface area contributed by atoms with Crippen molar-refractivity contribution in [1.29, 1.82) is 0 Å². The summed E-state index contributed by atoms with van der Waals surface area (Å²) in [6, 6.07) is 10.3. The fourth-order valence-electron chi connectivity index (χ4n) is 16.6. The number of benzene rings is 2. The van der Waals surface area contributed by atoms with Crippen molar-refractivity contribution in [2.75, 3.05) is 171 Å². The van der Waals surface area contributed by atoms with Crippen molar-refractivity contribution in [1.82, 2.24) is 25.4 Å². The largest absolute Gasteiger partial charge is 0.491 e. The van der Waals surface area contributed by atoms with E-state index in [1.807, 2.05) is 75.4 Å². The van der Waals surface area contributed by atoms with Crippen LogP contribution in [-0.4, -0.2) is 301 Å². The molecule has 4 aliphatic heterocycles. The molecule has 2 bridgehead atoms. The number of Topliss-reactive ketones (excluding diaryl/α,β-unsaturated/α-hetero) is 3. The van der Waals surface area contributed by atoms with E-state index in [0.717, 1.165) is 28.3 Å². The number of anilines is 1. The molecule has 0 spiro atoms. The third-order valence-electron chi connectivity index (χ3n) is 24.4. The van der Waals surface area contributed by atoms with Gasteiger partial charge in [-0.05, 0) is 161 Å². The average Bonchev–Trinajstić information content (AvgIpc) is 1.28. The first-order valence-corrected chi connectivity index (χ1v) is 47.1. The van der Waals surface area contributed by atoms with Crippen LogP contribution in [0.5, 0.6) is 5.75 Å². The van der Waals surface area contributed by atoms with Crippen LogP contribution in [0, 0.1) is 48.2 Å². The van der Waals surface area contributed by atoms with Crippen LogP contribution in [0.1, 0.15) is 153 Å². The minimum Gasteiger partial charge on any atom is -0.491 e. The highest BCUT2D eigenvalue weighted by Crippen LogP contribution is 2.40. The van der Waals surface area contributed by atoms with E-state index in [-0.39, 0.29) is 133 Å². The van der Waals surface area contributed by atoms with Crippen LogP contribution in [0.25, 0.3) is 11.1 Å². The predicted octanol–water partition coefficient (Wildman–Crippen LogP) is 9.15. The highest BCUT2D eigenvalue weighted by atomic mass is 32.2. The van der Waals surface area contributed by atoms with Gasteiger partial charge in [0.25, 0.3) is 17.6 Å². The van der Waals surface area contributed by atoms with Gasteiger partial charge in [0.05, 0.1) is 136 Å². The Balaban J connectivity index is 0.645. The van der Waals surface area contributed by atoms with Gasteiger partial charge in [0.15, 0.2) is 15.6 Å². The van der Waals surface area contributed by atoms with Crippen LogP contribution in [0.15, 0.2) is 101 Å². The summed E-state index contributed by atoms with van der Waals surface area (Å²) >= 11 is 0. The van der Waals surface area contributed by atoms with Gasteiger partial charge in [-0.25, -0.2) is 27.4 Å². The fourth-order valence-corrected chi connectivity index (χ4v) is 17.9. The number of rotatable bonds is 40. The highest BCUT2D eigenvalue weighted by molar-refractivity contribution is 7.91. The molecule has 3 aromatic rings. The summed E-state index contributed by atoms with van der Waals surface area (Å²) in [4.78, 5) is 118. The molecule has 35 heteroatoms. The minimum absolute atomic E-state index is 0.0205. The van der Waals surface area contributed by atoms with Crippen LogP contribution in [0.2, 0.25) is 0 Å². The predicted molar refractivity (Wildman–Crippen MR) is 479 cm³/mol. The lowest BCUT2D eigenvalue weighted by atomic mass is 9.78. The topological polar surface area (TPSA) is 419 Å². The molecule has 8 rings (SSSR count). The molecular weight excluding hydrogens is 1710 g/mol. The van der Waals surface area contributed by atoms with Gasteiger partial charge < -0.3 is 107 Å². The molecule has 5 heterocycles. The van der Waals surface area contributed by atoms with Crippen LogP contribution >= 0.6 is 0 Å². The van der Waals surface area contributed by atoms with Gasteiger partial charge in [-0.15, -0.1) is 0 Å².